The smallest absolute Gasteiger partial charge is 0.251 e. The lowest BCUT2D eigenvalue weighted by molar-refractivity contribution is 0.0935. The van der Waals surface area contributed by atoms with Gasteiger partial charge in [0.15, 0.2) is 0 Å². The molecule has 1 aliphatic rings. The van der Waals surface area contributed by atoms with Gasteiger partial charge in [0.1, 0.15) is 0 Å². The van der Waals surface area contributed by atoms with Crippen molar-refractivity contribution in [3.05, 3.63) is 35.4 Å². The van der Waals surface area contributed by atoms with Gasteiger partial charge in [-0.3, -0.25) is 4.79 Å². The predicted molar refractivity (Wildman–Crippen MR) is 64.2 cm³/mol. The standard InChI is InChI=1S/C12H14BrNO/c1-12(6-7-12)14-11(15)10-4-2-9(8-13)3-5-10/h2-5H,6-8H2,1H3,(H,14,15). The van der Waals surface area contributed by atoms with E-state index in [-0.39, 0.29) is 11.4 Å². The van der Waals surface area contributed by atoms with Gasteiger partial charge in [-0.25, -0.2) is 0 Å². The number of hydrogen-bond acceptors (Lipinski definition) is 1. The van der Waals surface area contributed by atoms with Crippen LogP contribution in [0, 0.1) is 0 Å². The minimum absolute atomic E-state index is 0.0381. The van der Waals surface area contributed by atoms with E-state index in [0.717, 1.165) is 23.7 Å². The summed E-state index contributed by atoms with van der Waals surface area (Å²) in [6.07, 6.45) is 2.19. The third kappa shape index (κ3) is 2.59. The number of benzene rings is 1. The van der Waals surface area contributed by atoms with E-state index in [0.29, 0.717) is 0 Å². The summed E-state index contributed by atoms with van der Waals surface area (Å²) in [6.45, 7) is 2.08. The molecule has 1 N–H and O–H groups in total. The molecule has 1 saturated carbocycles. The Morgan fingerprint density at radius 2 is 2.00 bits per heavy atom. The Hall–Kier alpha value is -0.830. The van der Waals surface area contributed by atoms with Gasteiger partial charge >= 0.3 is 0 Å². The summed E-state index contributed by atoms with van der Waals surface area (Å²) in [5.74, 6) is 0.0381. The first-order valence-corrected chi connectivity index (χ1v) is 6.22. The van der Waals surface area contributed by atoms with Gasteiger partial charge in [-0.05, 0) is 37.5 Å². The van der Waals surface area contributed by atoms with Crippen LogP contribution in [-0.2, 0) is 5.33 Å². The summed E-state index contributed by atoms with van der Waals surface area (Å²) in [7, 11) is 0. The molecular formula is C12H14BrNO. The molecule has 0 spiro atoms. The van der Waals surface area contributed by atoms with Gasteiger partial charge in [-0.2, -0.15) is 0 Å². The van der Waals surface area contributed by atoms with Gasteiger partial charge in [-0.15, -0.1) is 0 Å². The maximum atomic E-state index is 11.8. The molecule has 0 heterocycles. The minimum Gasteiger partial charge on any atom is -0.347 e. The summed E-state index contributed by atoms with van der Waals surface area (Å²) in [5, 5.41) is 3.86. The second-order valence-electron chi connectivity index (χ2n) is 4.35. The average Bonchev–Trinajstić information content (AvgIpc) is 2.96. The molecule has 1 aromatic rings. The first-order valence-electron chi connectivity index (χ1n) is 5.10. The molecule has 0 radical (unpaired) electrons. The van der Waals surface area contributed by atoms with Gasteiger partial charge < -0.3 is 5.32 Å². The third-order valence-corrected chi connectivity index (χ3v) is 3.43. The first-order chi connectivity index (χ1) is 7.13. The average molecular weight is 268 g/mol. The second kappa shape index (κ2) is 3.97. The van der Waals surface area contributed by atoms with Crippen LogP contribution in [-0.4, -0.2) is 11.4 Å². The first kappa shape index (κ1) is 10.7. The fraction of sp³-hybridized carbons (Fsp3) is 0.417. The van der Waals surface area contributed by atoms with Crippen molar-refractivity contribution in [1.82, 2.24) is 5.32 Å². The molecule has 80 valence electrons. The van der Waals surface area contributed by atoms with E-state index in [1.807, 2.05) is 24.3 Å². The van der Waals surface area contributed by atoms with Crippen LogP contribution in [0.3, 0.4) is 0 Å². The van der Waals surface area contributed by atoms with Crippen LogP contribution in [0.1, 0.15) is 35.7 Å². The van der Waals surface area contributed by atoms with E-state index in [1.165, 1.54) is 5.56 Å². The lowest BCUT2D eigenvalue weighted by Gasteiger charge is -2.11. The van der Waals surface area contributed by atoms with E-state index < -0.39 is 0 Å². The van der Waals surface area contributed by atoms with Crippen LogP contribution >= 0.6 is 15.9 Å². The van der Waals surface area contributed by atoms with Crippen LogP contribution < -0.4 is 5.32 Å². The molecule has 0 atom stereocenters. The van der Waals surface area contributed by atoms with Crippen molar-refractivity contribution in [2.45, 2.75) is 30.6 Å². The van der Waals surface area contributed by atoms with Crippen molar-refractivity contribution in [1.29, 1.82) is 0 Å². The molecule has 0 bridgehead atoms. The summed E-state index contributed by atoms with van der Waals surface area (Å²) < 4.78 is 0. The molecular weight excluding hydrogens is 254 g/mol. The summed E-state index contributed by atoms with van der Waals surface area (Å²) in [6, 6.07) is 7.69. The van der Waals surface area contributed by atoms with Gasteiger partial charge in [0, 0.05) is 16.4 Å². The van der Waals surface area contributed by atoms with Crippen molar-refractivity contribution in [2.24, 2.45) is 0 Å². The Morgan fingerprint density at radius 1 is 1.40 bits per heavy atom. The van der Waals surface area contributed by atoms with Gasteiger partial charge in [0.2, 0.25) is 0 Å². The SMILES string of the molecule is CC1(NC(=O)c2ccc(CBr)cc2)CC1. The Morgan fingerprint density at radius 3 is 2.47 bits per heavy atom. The molecule has 1 aliphatic carbocycles. The number of carbonyl (C=O) groups excluding carboxylic acids is 1. The maximum Gasteiger partial charge on any atom is 0.251 e. The molecule has 1 amide bonds. The highest BCUT2D eigenvalue weighted by Gasteiger charge is 2.38. The van der Waals surface area contributed by atoms with E-state index in [9.17, 15) is 4.79 Å². The van der Waals surface area contributed by atoms with Crippen LogP contribution in [0.25, 0.3) is 0 Å². The zero-order valence-electron chi connectivity index (χ0n) is 8.72. The van der Waals surface area contributed by atoms with Crippen LogP contribution in [0.5, 0.6) is 0 Å². The second-order valence-corrected chi connectivity index (χ2v) is 4.91. The molecule has 2 rings (SSSR count). The maximum absolute atomic E-state index is 11.8. The fourth-order valence-corrected chi connectivity index (χ4v) is 1.78. The van der Waals surface area contributed by atoms with E-state index in [1.54, 1.807) is 0 Å². The molecule has 3 heteroatoms. The molecule has 0 aliphatic heterocycles. The van der Waals surface area contributed by atoms with Crippen LogP contribution in [0.15, 0.2) is 24.3 Å². The summed E-state index contributed by atoms with van der Waals surface area (Å²) in [5.41, 5.74) is 1.99. The van der Waals surface area contributed by atoms with Crippen LogP contribution in [0.2, 0.25) is 0 Å². The third-order valence-electron chi connectivity index (χ3n) is 2.79. The van der Waals surface area contributed by atoms with E-state index in [2.05, 4.69) is 28.2 Å². The molecule has 0 aromatic heterocycles. The zero-order valence-corrected chi connectivity index (χ0v) is 10.3. The molecule has 2 nitrogen and oxygen atoms in total. The molecule has 15 heavy (non-hydrogen) atoms. The number of hydrogen-bond donors (Lipinski definition) is 1. The number of amides is 1. The Labute approximate surface area is 98.2 Å². The number of rotatable bonds is 3. The predicted octanol–water partition coefficient (Wildman–Crippen LogP) is 2.86. The fourth-order valence-electron chi connectivity index (χ4n) is 1.40. The highest BCUT2D eigenvalue weighted by Crippen LogP contribution is 2.34. The molecule has 1 aromatic carbocycles. The molecule has 0 unspecified atom stereocenters. The lowest BCUT2D eigenvalue weighted by atomic mass is 10.1. The Bertz CT molecular complexity index is 368. The number of alkyl halides is 1. The van der Waals surface area contributed by atoms with Gasteiger partial charge in [0.25, 0.3) is 5.91 Å². The van der Waals surface area contributed by atoms with Crippen LogP contribution in [0.4, 0.5) is 0 Å². The molecule has 1 fully saturated rings. The largest absolute Gasteiger partial charge is 0.347 e. The number of nitrogens with one attached hydrogen (secondary N) is 1. The minimum atomic E-state index is 0.0381. The van der Waals surface area contributed by atoms with Crippen molar-refractivity contribution in [3.63, 3.8) is 0 Å². The van der Waals surface area contributed by atoms with E-state index in [4.69, 9.17) is 0 Å². The number of carbonyl (C=O) groups is 1. The van der Waals surface area contributed by atoms with Crippen molar-refractivity contribution in [2.75, 3.05) is 0 Å². The van der Waals surface area contributed by atoms with Gasteiger partial charge in [0.05, 0.1) is 0 Å². The van der Waals surface area contributed by atoms with Gasteiger partial charge in [-0.1, -0.05) is 28.1 Å². The topological polar surface area (TPSA) is 29.1 Å². The molecule has 0 saturated heterocycles. The highest BCUT2D eigenvalue weighted by atomic mass is 79.9. The summed E-state index contributed by atoms with van der Waals surface area (Å²) in [4.78, 5) is 11.8. The lowest BCUT2D eigenvalue weighted by Crippen LogP contribution is -2.34. The van der Waals surface area contributed by atoms with Crippen molar-refractivity contribution < 1.29 is 4.79 Å². The normalized spacial score (nSPS) is 17.2. The van der Waals surface area contributed by atoms with Crippen molar-refractivity contribution >= 4 is 21.8 Å². The zero-order chi connectivity index (χ0) is 10.9. The Balaban J connectivity index is 2.05. The monoisotopic (exact) mass is 267 g/mol. The number of halogens is 1. The highest BCUT2D eigenvalue weighted by molar-refractivity contribution is 9.08. The quantitative estimate of drug-likeness (QED) is 0.839. The summed E-state index contributed by atoms with van der Waals surface area (Å²) >= 11 is 3.38. The van der Waals surface area contributed by atoms with Crippen molar-refractivity contribution in [3.8, 4) is 0 Å². The van der Waals surface area contributed by atoms with E-state index >= 15 is 0 Å². The Kier molecular flexibility index (Phi) is 2.83.